The average molecular weight is 284 g/mol. The van der Waals surface area contributed by atoms with Gasteiger partial charge >= 0.3 is 5.97 Å². The molecule has 0 unspecified atom stereocenters. The minimum absolute atomic E-state index is 0.267. The summed E-state index contributed by atoms with van der Waals surface area (Å²) in [5.41, 5.74) is 6.85. The summed E-state index contributed by atoms with van der Waals surface area (Å²) in [5.74, 6) is -0.241. The molecule has 0 saturated heterocycles. The minimum atomic E-state index is -0.932. The maximum atomic E-state index is 11.2. The minimum Gasteiger partial charge on any atom is -0.496 e. The first-order chi connectivity index (χ1) is 9.86. The molecule has 0 aliphatic rings. The van der Waals surface area contributed by atoms with Gasteiger partial charge in [-0.1, -0.05) is 6.07 Å². The lowest BCUT2D eigenvalue weighted by molar-refractivity contribution is 0.0697. The largest absolute Gasteiger partial charge is 0.496 e. The van der Waals surface area contributed by atoms with Gasteiger partial charge < -0.3 is 9.84 Å². The van der Waals surface area contributed by atoms with Gasteiger partial charge in [0.05, 0.1) is 12.7 Å². The van der Waals surface area contributed by atoms with Crippen LogP contribution in [0.25, 0.3) is 11.1 Å². The van der Waals surface area contributed by atoms with Gasteiger partial charge in [0, 0.05) is 5.56 Å². The molecule has 3 nitrogen and oxygen atoms in total. The summed E-state index contributed by atoms with van der Waals surface area (Å²) in [6.07, 6.45) is 0. The Hall–Kier alpha value is -2.29. The Kier molecular flexibility index (Phi) is 4.03. The number of aryl methyl sites for hydroxylation is 2. The van der Waals surface area contributed by atoms with Crippen LogP contribution in [0.1, 0.15) is 32.6 Å². The molecule has 0 aromatic heterocycles. The highest BCUT2D eigenvalue weighted by molar-refractivity contribution is 5.91. The molecule has 21 heavy (non-hydrogen) atoms. The zero-order chi connectivity index (χ0) is 15.7. The molecule has 0 amide bonds. The van der Waals surface area contributed by atoms with E-state index in [1.165, 1.54) is 11.1 Å². The number of ether oxygens (including phenoxy) is 1. The molecular weight excluding hydrogens is 264 g/mol. The monoisotopic (exact) mass is 284 g/mol. The molecule has 0 fully saturated rings. The van der Waals surface area contributed by atoms with Crippen LogP contribution in [0.4, 0.5) is 0 Å². The highest BCUT2D eigenvalue weighted by Gasteiger charge is 2.16. The highest BCUT2D eigenvalue weighted by Crippen LogP contribution is 2.37. The van der Waals surface area contributed by atoms with Crippen molar-refractivity contribution in [2.45, 2.75) is 27.7 Å². The third-order valence-electron chi connectivity index (χ3n) is 4.08. The molecule has 2 rings (SSSR count). The van der Waals surface area contributed by atoms with E-state index in [1.807, 2.05) is 0 Å². The van der Waals surface area contributed by atoms with E-state index >= 15 is 0 Å². The predicted octanol–water partition coefficient (Wildman–Crippen LogP) is 4.29. The molecule has 0 radical (unpaired) electrons. The zero-order valence-electron chi connectivity index (χ0n) is 13.1. The third-order valence-corrected chi connectivity index (χ3v) is 4.08. The molecule has 110 valence electrons. The van der Waals surface area contributed by atoms with Crippen LogP contribution in [0.3, 0.4) is 0 Å². The molecule has 0 saturated carbocycles. The number of hydrogen-bond acceptors (Lipinski definition) is 2. The summed E-state index contributed by atoms with van der Waals surface area (Å²) in [7, 11) is 1.60. The Morgan fingerprint density at radius 3 is 2.05 bits per heavy atom. The molecule has 0 spiro atoms. The number of carbonyl (C=O) groups is 1. The van der Waals surface area contributed by atoms with Crippen LogP contribution in [0, 0.1) is 27.7 Å². The lowest BCUT2D eigenvalue weighted by Gasteiger charge is -2.18. The fraction of sp³-hybridized carbons (Fsp3) is 0.278. The summed E-state index contributed by atoms with van der Waals surface area (Å²) in [4.78, 5) is 11.2. The van der Waals surface area contributed by atoms with Crippen molar-refractivity contribution >= 4 is 5.97 Å². The van der Waals surface area contributed by atoms with Crippen LogP contribution >= 0.6 is 0 Å². The molecule has 0 atom stereocenters. The molecule has 2 aromatic carbocycles. The number of carboxylic acids is 1. The Bertz CT molecular complexity index is 689. The van der Waals surface area contributed by atoms with Gasteiger partial charge in [-0.3, -0.25) is 0 Å². The molecular formula is C18H20O3. The van der Waals surface area contributed by atoms with Crippen molar-refractivity contribution in [1.82, 2.24) is 0 Å². The Balaban J connectivity index is 2.83. The van der Waals surface area contributed by atoms with Gasteiger partial charge in [0.2, 0.25) is 0 Å². The second-order valence-corrected chi connectivity index (χ2v) is 5.36. The molecule has 2 aromatic rings. The molecule has 0 aliphatic heterocycles. The van der Waals surface area contributed by atoms with Crippen molar-refractivity contribution in [2.24, 2.45) is 0 Å². The van der Waals surface area contributed by atoms with Crippen LogP contribution in [0.2, 0.25) is 0 Å². The van der Waals surface area contributed by atoms with Crippen molar-refractivity contribution in [3.05, 3.63) is 52.1 Å². The van der Waals surface area contributed by atoms with E-state index in [1.54, 1.807) is 25.3 Å². The fourth-order valence-electron chi connectivity index (χ4n) is 2.66. The van der Waals surface area contributed by atoms with Gasteiger partial charge in [-0.15, -0.1) is 0 Å². The first-order valence-electron chi connectivity index (χ1n) is 6.86. The first-order valence-corrected chi connectivity index (χ1v) is 6.86. The molecule has 0 aliphatic carbocycles. The number of methoxy groups -OCH3 is 1. The Morgan fingerprint density at radius 2 is 1.57 bits per heavy atom. The predicted molar refractivity (Wildman–Crippen MR) is 84.3 cm³/mol. The lowest BCUT2D eigenvalue weighted by atomic mass is 9.88. The maximum absolute atomic E-state index is 11.2. The van der Waals surface area contributed by atoms with Crippen molar-refractivity contribution in [1.29, 1.82) is 0 Å². The second-order valence-electron chi connectivity index (χ2n) is 5.36. The van der Waals surface area contributed by atoms with Crippen LogP contribution in [-0.4, -0.2) is 18.2 Å². The van der Waals surface area contributed by atoms with E-state index in [2.05, 4.69) is 33.8 Å². The van der Waals surface area contributed by atoms with E-state index in [-0.39, 0.29) is 5.56 Å². The molecule has 0 heterocycles. The summed E-state index contributed by atoms with van der Waals surface area (Å²) < 4.78 is 5.43. The van der Waals surface area contributed by atoms with Gasteiger partial charge in [0.15, 0.2) is 0 Å². The molecule has 0 bridgehead atoms. The van der Waals surface area contributed by atoms with E-state index < -0.39 is 5.97 Å². The fourth-order valence-corrected chi connectivity index (χ4v) is 2.66. The van der Waals surface area contributed by atoms with Crippen LogP contribution in [0.5, 0.6) is 5.75 Å². The number of carboxylic acid groups (broad SMARTS) is 1. The first kappa shape index (κ1) is 15.1. The van der Waals surface area contributed by atoms with Gasteiger partial charge in [-0.25, -0.2) is 4.79 Å². The second kappa shape index (κ2) is 5.60. The van der Waals surface area contributed by atoms with Gasteiger partial charge in [-0.2, -0.15) is 0 Å². The lowest BCUT2D eigenvalue weighted by Crippen LogP contribution is -2.01. The average Bonchev–Trinajstić information content (AvgIpc) is 2.45. The van der Waals surface area contributed by atoms with Crippen molar-refractivity contribution < 1.29 is 14.6 Å². The summed E-state index contributed by atoms with van der Waals surface area (Å²) in [5, 5.41) is 9.23. The Morgan fingerprint density at radius 1 is 1.00 bits per heavy atom. The summed E-state index contributed by atoms with van der Waals surface area (Å²) in [6.45, 7) is 8.26. The van der Waals surface area contributed by atoms with Crippen LogP contribution in [-0.2, 0) is 0 Å². The quantitative estimate of drug-likeness (QED) is 0.914. The van der Waals surface area contributed by atoms with Crippen molar-refractivity contribution in [3.8, 4) is 16.9 Å². The standard InChI is InChI=1S/C18H20O3/c1-10-8-11(2)13(4)17(12(10)3)15-9-14(18(19)20)6-7-16(15)21-5/h6-9H,1-5H3,(H,19,20). The summed E-state index contributed by atoms with van der Waals surface area (Å²) in [6, 6.07) is 7.13. The van der Waals surface area contributed by atoms with Gasteiger partial charge in [0.1, 0.15) is 5.75 Å². The smallest absolute Gasteiger partial charge is 0.335 e. The zero-order valence-corrected chi connectivity index (χ0v) is 13.1. The molecule has 3 heteroatoms. The van der Waals surface area contributed by atoms with E-state index in [0.717, 1.165) is 22.3 Å². The van der Waals surface area contributed by atoms with Crippen LogP contribution in [0.15, 0.2) is 24.3 Å². The topological polar surface area (TPSA) is 46.5 Å². The van der Waals surface area contributed by atoms with Gasteiger partial charge in [-0.05, 0) is 73.7 Å². The van der Waals surface area contributed by atoms with E-state index in [9.17, 15) is 9.90 Å². The van der Waals surface area contributed by atoms with Gasteiger partial charge in [0.25, 0.3) is 0 Å². The van der Waals surface area contributed by atoms with Crippen LogP contribution < -0.4 is 4.74 Å². The maximum Gasteiger partial charge on any atom is 0.335 e. The van der Waals surface area contributed by atoms with E-state index in [4.69, 9.17) is 4.74 Å². The highest BCUT2D eigenvalue weighted by atomic mass is 16.5. The number of hydrogen-bond donors (Lipinski definition) is 1. The number of benzene rings is 2. The third kappa shape index (κ3) is 2.64. The SMILES string of the molecule is COc1ccc(C(=O)O)cc1-c1c(C)c(C)cc(C)c1C. The van der Waals surface area contributed by atoms with Crippen molar-refractivity contribution in [3.63, 3.8) is 0 Å². The Labute approximate surface area is 125 Å². The van der Waals surface area contributed by atoms with Crippen molar-refractivity contribution in [2.75, 3.05) is 7.11 Å². The summed E-state index contributed by atoms with van der Waals surface area (Å²) >= 11 is 0. The number of aromatic carboxylic acids is 1. The normalized spacial score (nSPS) is 10.5. The number of rotatable bonds is 3. The molecule has 1 N–H and O–H groups in total. The van der Waals surface area contributed by atoms with E-state index in [0.29, 0.717) is 5.75 Å².